The number of hydrogen-bond acceptors (Lipinski definition) is 4. The molecule has 0 fully saturated rings. The molecule has 0 unspecified atom stereocenters. The van der Waals surface area contributed by atoms with Crippen LogP contribution >= 0.6 is 0 Å². The summed E-state index contributed by atoms with van der Waals surface area (Å²) in [5.41, 5.74) is 1.67. The standard InChI is InChI=1S/C22H22N2O4S/c1-17-10-6-8-14-20(17)24(29(26,27)18-11-4-3-5-12-18)16-22(25)23-19-13-7-9-15-21(19)28-2/h3-15H,16H2,1-2H3,(H,23,25). The number of carbonyl (C=O) groups is 1. The Morgan fingerprint density at radius 1 is 0.931 bits per heavy atom. The van der Waals surface area contributed by atoms with Crippen molar-refractivity contribution >= 4 is 27.3 Å². The van der Waals surface area contributed by atoms with Gasteiger partial charge < -0.3 is 10.1 Å². The van der Waals surface area contributed by atoms with E-state index in [0.29, 0.717) is 17.1 Å². The second-order valence-electron chi connectivity index (χ2n) is 6.36. The summed E-state index contributed by atoms with van der Waals surface area (Å²) in [5, 5.41) is 2.73. The lowest BCUT2D eigenvalue weighted by atomic mass is 10.2. The van der Waals surface area contributed by atoms with Gasteiger partial charge in [-0.2, -0.15) is 0 Å². The van der Waals surface area contributed by atoms with Gasteiger partial charge in [0.2, 0.25) is 5.91 Å². The number of benzene rings is 3. The van der Waals surface area contributed by atoms with Crippen molar-refractivity contribution in [3.8, 4) is 5.75 Å². The average molecular weight is 410 g/mol. The molecule has 0 saturated carbocycles. The van der Waals surface area contributed by atoms with E-state index in [2.05, 4.69) is 5.32 Å². The number of anilines is 2. The van der Waals surface area contributed by atoms with Crippen molar-refractivity contribution in [2.45, 2.75) is 11.8 Å². The fraction of sp³-hybridized carbons (Fsp3) is 0.136. The number of methoxy groups -OCH3 is 1. The fourth-order valence-electron chi connectivity index (χ4n) is 2.93. The SMILES string of the molecule is COc1ccccc1NC(=O)CN(c1ccccc1C)S(=O)(=O)c1ccccc1. The summed E-state index contributed by atoms with van der Waals surface area (Å²) in [5.74, 6) is 0.0199. The van der Waals surface area contributed by atoms with Gasteiger partial charge in [0.25, 0.3) is 10.0 Å². The highest BCUT2D eigenvalue weighted by atomic mass is 32.2. The van der Waals surface area contributed by atoms with Crippen LogP contribution in [-0.2, 0) is 14.8 Å². The highest BCUT2D eigenvalue weighted by molar-refractivity contribution is 7.92. The molecule has 1 N–H and O–H groups in total. The minimum atomic E-state index is -3.94. The van der Waals surface area contributed by atoms with Crippen molar-refractivity contribution < 1.29 is 17.9 Å². The molecule has 7 heteroatoms. The summed E-state index contributed by atoms with van der Waals surface area (Å²) in [4.78, 5) is 12.9. The van der Waals surface area contributed by atoms with E-state index in [0.717, 1.165) is 9.87 Å². The summed E-state index contributed by atoms with van der Waals surface area (Å²) in [7, 11) is -2.43. The molecule has 6 nitrogen and oxygen atoms in total. The van der Waals surface area contributed by atoms with E-state index >= 15 is 0 Å². The number of sulfonamides is 1. The van der Waals surface area contributed by atoms with Crippen molar-refractivity contribution in [3.05, 3.63) is 84.4 Å². The van der Waals surface area contributed by atoms with Gasteiger partial charge in [-0.3, -0.25) is 9.10 Å². The molecular weight excluding hydrogens is 388 g/mol. The van der Waals surface area contributed by atoms with Crippen LogP contribution in [0.4, 0.5) is 11.4 Å². The molecule has 150 valence electrons. The second kappa shape index (κ2) is 8.79. The van der Waals surface area contributed by atoms with Crippen LogP contribution < -0.4 is 14.4 Å². The zero-order valence-electron chi connectivity index (χ0n) is 16.2. The smallest absolute Gasteiger partial charge is 0.264 e. The number of hydrogen-bond donors (Lipinski definition) is 1. The lowest BCUT2D eigenvalue weighted by molar-refractivity contribution is -0.114. The van der Waals surface area contributed by atoms with Crippen LogP contribution in [0.2, 0.25) is 0 Å². The topological polar surface area (TPSA) is 75.7 Å². The Balaban J connectivity index is 1.96. The fourth-order valence-corrected chi connectivity index (χ4v) is 4.44. The lowest BCUT2D eigenvalue weighted by Crippen LogP contribution is -2.38. The van der Waals surface area contributed by atoms with Crippen LogP contribution in [0.25, 0.3) is 0 Å². The Morgan fingerprint density at radius 3 is 2.24 bits per heavy atom. The van der Waals surface area contributed by atoms with Crippen molar-refractivity contribution in [2.75, 3.05) is 23.3 Å². The summed E-state index contributed by atoms with van der Waals surface area (Å²) in [6.45, 7) is 1.43. The van der Waals surface area contributed by atoms with Gasteiger partial charge in [0, 0.05) is 0 Å². The van der Waals surface area contributed by atoms with Crippen molar-refractivity contribution in [1.82, 2.24) is 0 Å². The van der Waals surface area contributed by atoms with Gasteiger partial charge in [0.15, 0.2) is 0 Å². The van der Waals surface area contributed by atoms with E-state index in [9.17, 15) is 13.2 Å². The van der Waals surface area contributed by atoms with E-state index in [-0.39, 0.29) is 11.4 Å². The molecule has 0 radical (unpaired) electrons. The van der Waals surface area contributed by atoms with E-state index in [1.165, 1.54) is 19.2 Å². The molecule has 0 saturated heterocycles. The molecule has 0 aromatic heterocycles. The monoisotopic (exact) mass is 410 g/mol. The van der Waals surface area contributed by atoms with Crippen LogP contribution in [0.1, 0.15) is 5.56 Å². The van der Waals surface area contributed by atoms with Gasteiger partial charge in [0.1, 0.15) is 12.3 Å². The van der Waals surface area contributed by atoms with Crippen LogP contribution in [0.15, 0.2) is 83.8 Å². The Morgan fingerprint density at radius 2 is 1.55 bits per heavy atom. The first kappa shape index (κ1) is 20.4. The molecule has 3 rings (SSSR count). The molecular formula is C22H22N2O4S. The normalized spacial score (nSPS) is 11.0. The second-order valence-corrected chi connectivity index (χ2v) is 8.22. The van der Waals surface area contributed by atoms with Crippen LogP contribution in [-0.4, -0.2) is 28.0 Å². The summed E-state index contributed by atoms with van der Waals surface area (Å²) in [6, 6.07) is 22.1. The predicted octanol–water partition coefficient (Wildman–Crippen LogP) is 3.84. The largest absolute Gasteiger partial charge is 0.495 e. The summed E-state index contributed by atoms with van der Waals surface area (Å²) < 4.78 is 33.0. The third-order valence-corrected chi connectivity index (χ3v) is 6.16. The highest BCUT2D eigenvalue weighted by Crippen LogP contribution is 2.27. The third-order valence-electron chi connectivity index (χ3n) is 4.38. The Bertz CT molecular complexity index is 1100. The van der Waals surface area contributed by atoms with Crippen molar-refractivity contribution in [2.24, 2.45) is 0 Å². The third kappa shape index (κ3) is 4.57. The van der Waals surface area contributed by atoms with Crippen LogP contribution in [0.5, 0.6) is 5.75 Å². The summed E-state index contributed by atoms with van der Waals surface area (Å²) in [6.07, 6.45) is 0. The number of para-hydroxylation sites is 3. The first-order valence-electron chi connectivity index (χ1n) is 9.00. The predicted molar refractivity (Wildman–Crippen MR) is 114 cm³/mol. The molecule has 0 aliphatic carbocycles. The van der Waals surface area contributed by atoms with Gasteiger partial charge in [-0.25, -0.2) is 8.42 Å². The minimum absolute atomic E-state index is 0.119. The van der Waals surface area contributed by atoms with E-state index in [4.69, 9.17) is 4.74 Å². The molecule has 3 aromatic carbocycles. The van der Waals surface area contributed by atoms with Crippen molar-refractivity contribution in [1.29, 1.82) is 0 Å². The first-order chi connectivity index (χ1) is 13.9. The van der Waals surface area contributed by atoms with Gasteiger partial charge in [-0.05, 0) is 42.8 Å². The zero-order chi connectivity index (χ0) is 20.9. The van der Waals surface area contributed by atoms with Gasteiger partial charge >= 0.3 is 0 Å². The first-order valence-corrected chi connectivity index (χ1v) is 10.4. The molecule has 3 aromatic rings. The van der Waals surface area contributed by atoms with Crippen LogP contribution in [0, 0.1) is 6.92 Å². The van der Waals surface area contributed by atoms with E-state index < -0.39 is 15.9 Å². The maximum atomic E-state index is 13.3. The Labute approximate surface area is 170 Å². The maximum Gasteiger partial charge on any atom is 0.264 e. The lowest BCUT2D eigenvalue weighted by Gasteiger charge is -2.25. The number of amides is 1. The van der Waals surface area contributed by atoms with Crippen molar-refractivity contribution in [3.63, 3.8) is 0 Å². The van der Waals surface area contributed by atoms with Crippen LogP contribution in [0.3, 0.4) is 0 Å². The Kier molecular flexibility index (Phi) is 6.19. The highest BCUT2D eigenvalue weighted by Gasteiger charge is 2.28. The molecule has 29 heavy (non-hydrogen) atoms. The number of ether oxygens (including phenoxy) is 1. The minimum Gasteiger partial charge on any atom is -0.495 e. The maximum absolute atomic E-state index is 13.3. The molecule has 0 aliphatic heterocycles. The molecule has 0 heterocycles. The molecule has 0 spiro atoms. The quantitative estimate of drug-likeness (QED) is 0.642. The van der Waals surface area contributed by atoms with E-state index in [1.807, 2.05) is 6.07 Å². The molecule has 0 bridgehead atoms. The number of rotatable bonds is 7. The number of carbonyl (C=O) groups excluding carboxylic acids is 1. The van der Waals surface area contributed by atoms with Gasteiger partial charge in [-0.15, -0.1) is 0 Å². The number of aryl methyl sites for hydroxylation is 1. The number of nitrogens with one attached hydrogen (secondary N) is 1. The van der Waals surface area contributed by atoms with Gasteiger partial charge in [-0.1, -0.05) is 48.5 Å². The molecule has 1 amide bonds. The number of nitrogens with zero attached hydrogens (tertiary/aromatic N) is 1. The zero-order valence-corrected chi connectivity index (χ0v) is 17.0. The average Bonchev–Trinajstić information content (AvgIpc) is 2.73. The summed E-state index contributed by atoms with van der Waals surface area (Å²) >= 11 is 0. The Hall–Kier alpha value is -3.32. The molecule has 0 aliphatic rings. The molecule has 0 atom stereocenters. The van der Waals surface area contributed by atoms with E-state index in [1.54, 1.807) is 67.6 Å². The van der Waals surface area contributed by atoms with Gasteiger partial charge in [0.05, 0.1) is 23.4 Å².